The van der Waals surface area contributed by atoms with E-state index in [1.54, 1.807) is 14.2 Å². The molecule has 0 saturated carbocycles. The van der Waals surface area contributed by atoms with E-state index in [0.717, 1.165) is 49.1 Å². The third-order valence-corrected chi connectivity index (χ3v) is 4.73. The normalized spacial score (nSPS) is 10.9. The summed E-state index contributed by atoms with van der Waals surface area (Å²) in [6.45, 7) is 8.53. The van der Waals surface area contributed by atoms with E-state index in [1.165, 1.54) is 16.7 Å². The van der Waals surface area contributed by atoms with Gasteiger partial charge in [-0.15, -0.1) is 24.0 Å². The molecular formula is C22H33IN4O2. The highest BCUT2D eigenvalue weighted by Crippen LogP contribution is 2.30. The Labute approximate surface area is 191 Å². The van der Waals surface area contributed by atoms with Gasteiger partial charge in [-0.05, 0) is 67.6 Å². The van der Waals surface area contributed by atoms with Crippen molar-refractivity contribution in [1.29, 1.82) is 0 Å². The molecule has 0 radical (unpaired) electrons. The number of aryl methyl sites for hydroxylation is 2. The number of ether oxygens (including phenoxy) is 2. The first-order valence-electron chi connectivity index (χ1n) is 9.60. The van der Waals surface area contributed by atoms with Gasteiger partial charge in [-0.2, -0.15) is 0 Å². The van der Waals surface area contributed by atoms with Crippen molar-refractivity contribution in [3.63, 3.8) is 0 Å². The van der Waals surface area contributed by atoms with E-state index >= 15 is 0 Å². The second kappa shape index (κ2) is 12.5. The monoisotopic (exact) mass is 512 g/mol. The Balaban J connectivity index is 0.00000420. The number of pyridine rings is 1. The molecule has 160 valence electrons. The molecule has 1 heterocycles. The maximum absolute atomic E-state index is 5.45. The van der Waals surface area contributed by atoms with E-state index in [9.17, 15) is 0 Å². The number of hydrogen-bond acceptors (Lipinski definition) is 4. The van der Waals surface area contributed by atoms with Crippen LogP contribution in [0.3, 0.4) is 0 Å². The largest absolute Gasteiger partial charge is 0.493 e. The fourth-order valence-electron chi connectivity index (χ4n) is 3.06. The summed E-state index contributed by atoms with van der Waals surface area (Å²) in [5, 5.41) is 3.38. The van der Waals surface area contributed by atoms with Crippen molar-refractivity contribution >= 4 is 29.9 Å². The zero-order valence-electron chi connectivity index (χ0n) is 18.3. The SMILES string of the molecule is CCNC(=NCCc1ccncc1C)N(C)Cc1cc(OC)c(OC)cc1C.I. The lowest BCUT2D eigenvalue weighted by Gasteiger charge is -2.23. The third-order valence-electron chi connectivity index (χ3n) is 4.73. The predicted octanol–water partition coefficient (Wildman–Crippen LogP) is 3.97. The molecule has 0 aliphatic rings. The zero-order chi connectivity index (χ0) is 20.5. The molecule has 0 spiro atoms. The molecule has 1 N–H and O–H groups in total. The molecule has 0 saturated heterocycles. The van der Waals surface area contributed by atoms with Crippen LogP contribution in [0, 0.1) is 13.8 Å². The number of guanidine groups is 1. The van der Waals surface area contributed by atoms with Gasteiger partial charge in [0.25, 0.3) is 0 Å². The molecule has 1 aromatic heterocycles. The number of hydrogen-bond donors (Lipinski definition) is 1. The van der Waals surface area contributed by atoms with Gasteiger partial charge in [0.15, 0.2) is 17.5 Å². The minimum atomic E-state index is 0. The van der Waals surface area contributed by atoms with Crippen LogP contribution in [0.2, 0.25) is 0 Å². The molecule has 7 heteroatoms. The van der Waals surface area contributed by atoms with Crippen molar-refractivity contribution in [3.8, 4) is 11.5 Å². The molecular weight excluding hydrogens is 479 g/mol. The van der Waals surface area contributed by atoms with Gasteiger partial charge in [0.1, 0.15) is 0 Å². The zero-order valence-corrected chi connectivity index (χ0v) is 20.6. The molecule has 29 heavy (non-hydrogen) atoms. The van der Waals surface area contributed by atoms with Crippen LogP contribution in [-0.2, 0) is 13.0 Å². The van der Waals surface area contributed by atoms with Crippen molar-refractivity contribution < 1.29 is 9.47 Å². The highest BCUT2D eigenvalue weighted by atomic mass is 127. The number of benzene rings is 1. The van der Waals surface area contributed by atoms with Gasteiger partial charge < -0.3 is 19.7 Å². The van der Waals surface area contributed by atoms with Crippen LogP contribution in [0.1, 0.15) is 29.2 Å². The van der Waals surface area contributed by atoms with Crippen molar-refractivity contribution in [2.24, 2.45) is 4.99 Å². The Morgan fingerprint density at radius 3 is 2.41 bits per heavy atom. The molecule has 0 atom stereocenters. The quantitative estimate of drug-likeness (QED) is 0.330. The smallest absolute Gasteiger partial charge is 0.193 e. The standard InChI is InChI=1S/C22H32N4O2.HI/c1-7-24-22(25-11-9-18-8-10-23-14-17(18)3)26(4)15-19-13-21(28-6)20(27-5)12-16(19)2;/h8,10,12-14H,7,9,11,15H2,1-6H3,(H,24,25);1H. The Hall–Kier alpha value is -2.03. The van der Waals surface area contributed by atoms with E-state index in [2.05, 4.69) is 49.1 Å². The van der Waals surface area contributed by atoms with Crippen LogP contribution < -0.4 is 14.8 Å². The Kier molecular flexibility index (Phi) is 10.8. The maximum Gasteiger partial charge on any atom is 0.193 e. The van der Waals surface area contributed by atoms with Gasteiger partial charge in [-0.25, -0.2) is 0 Å². The molecule has 0 fully saturated rings. The number of rotatable bonds is 8. The van der Waals surface area contributed by atoms with Crippen LogP contribution in [0.25, 0.3) is 0 Å². The van der Waals surface area contributed by atoms with E-state index in [-0.39, 0.29) is 24.0 Å². The van der Waals surface area contributed by atoms with Crippen molar-refractivity contribution in [3.05, 3.63) is 52.8 Å². The summed E-state index contributed by atoms with van der Waals surface area (Å²) >= 11 is 0. The number of nitrogens with zero attached hydrogens (tertiary/aromatic N) is 3. The average Bonchev–Trinajstić information content (AvgIpc) is 2.69. The minimum Gasteiger partial charge on any atom is -0.493 e. The number of nitrogens with one attached hydrogen (secondary N) is 1. The molecule has 0 bridgehead atoms. The number of aromatic nitrogens is 1. The molecule has 0 aliphatic heterocycles. The second-order valence-electron chi connectivity index (χ2n) is 6.78. The van der Waals surface area contributed by atoms with Crippen molar-refractivity contribution in [2.75, 3.05) is 34.4 Å². The Bertz CT molecular complexity index is 811. The molecule has 0 unspecified atom stereocenters. The summed E-state index contributed by atoms with van der Waals surface area (Å²) in [6, 6.07) is 6.11. The molecule has 0 aliphatic carbocycles. The topological polar surface area (TPSA) is 59.0 Å². The first kappa shape index (κ1) is 25.0. The first-order valence-corrected chi connectivity index (χ1v) is 9.60. The maximum atomic E-state index is 5.45. The average molecular weight is 512 g/mol. The van der Waals surface area contributed by atoms with Gasteiger partial charge in [0.05, 0.1) is 14.2 Å². The summed E-state index contributed by atoms with van der Waals surface area (Å²) in [7, 11) is 5.37. The first-order chi connectivity index (χ1) is 13.5. The number of methoxy groups -OCH3 is 2. The lowest BCUT2D eigenvalue weighted by molar-refractivity contribution is 0.353. The van der Waals surface area contributed by atoms with E-state index in [4.69, 9.17) is 14.5 Å². The van der Waals surface area contributed by atoms with Crippen LogP contribution >= 0.6 is 24.0 Å². The summed E-state index contributed by atoms with van der Waals surface area (Å²) in [4.78, 5) is 11.1. The fourth-order valence-corrected chi connectivity index (χ4v) is 3.06. The van der Waals surface area contributed by atoms with Crippen LogP contribution in [0.15, 0.2) is 35.6 Å². The molecule has 1 aromatic carbocycles. The van der Waals surface area contributed by atoms with Crippen molar-refractivity contribution in [2.45, 2.75) is 33.7 Å². The highest BCUT2D eigenvalue weighted by molar-refractivity contribution is 14.0. The molecule has 2 rings (SSSR count). The van der Waals surface area contributed by atoms with Gasteiger partial charge in [0.2, 0.25) is 0 Å². The Morgan fingerprint density at radius 2 is 1.79 bits per heavy atom. The molecule has 6 nitrogen and oxygen atoms in total. The van der Waals surface area contributed by atoms with Crippen molar-refractivity contribution in [1.82, 2.24) is 15.2 Å². The highest BCUT2D eigenvalue weighted by Gasteiger charge is 2.12. The number of aliphatic imine (C=N–C) groups is 1. The summed E-state index contributed by atoms with van der Waals surface area (Å²) in [6.07, 6.45) is 4.63. The van der Waals surface area contributed by atoms with E-state index in [0.29, 0.717) is 0 Å². The predicted molar refractivity (Wildman–Crippen MR) is 130 cm³/mol. The summed E-state index contributed by atoms with van der Waals surface area (Å²) in [5.74, 6) is 2.38. The minimum absolute atomic E-state index is 0. The third kappa shape index (κ3) is 7.06. The number of halogens is 1. The van der Waals surface area contributed by atoms with Gasteiger partial charge >= 0.3 is 0 Å². The van der Waals surface area contributed by atoms with Gasteiger partial charge in [-0.1, -0.05) is 0 Å². The molecule has 0 amide bonds. The van der Waals surface area contributed by atoms with Gasteiger partial charge in [-0.3, -0.25) is 9.98 Å². The molecule has 2 aromatic rings. The van der Waals surface area contributed by atoms with E-state index < -0.39 is 0 Å². The van der Waals surface area contributed by atoms with Gasteiger partial charge in [0, 0.05) is 39.1 Å². The van der Waals surface area contributed by atoms with E-state index in [1.807, 2.05) is 24.5 Å². The lowest BCUT2D eigenvalue weighted by Crippen LogP contribution is -2.38. The summed E-state index contributed by atoms with van der Waals surface area (Å²) < 4.78 is 10.8. The Morgan fingerprint density at radius 1 is 1.10 bits per heavy atom. The summed E-state index contributed by atoms with van der Waals surface area (Å²) in [5.41, 5.74) is 4.83. The van der Waals surface area contributed by atoms with Crippen LogP contribution in [-0.4, -0.2) is 50.2 Å². The fraction of sp³-hybridized carbons (Fsp3) is 0.455. The van der Waals surface area contributed by atoms with Crippen LogP contribution in [0.4, 0.5) is 0 Å². The second-order valence-corrected chi connectivity index (χ2v) is 6.78. The van der Waals surface area contributed by atoms with Crippen LogP contribution in [0.5, 0.6) is 11.5 Å². The lowest BCUT2D eigenvalue weighted by atomic mass is 10.1.